The van der Waals surface area contributed by atoms with Crippen molar-refractivity contribution >= 4 is 0 Å². The van der Waals surface area contributed by atoms with Crippen LogP contribution < -0.4 is 5.32 Å². The van der Waals surface area contributed by atoms with E-state index in [0.717, 1.165) is 26.1 Å². The number of nitrogens with one attached hydrogen (secondary N) is 1. The zero-order valence-electron chi connectivity index (χ0n) is 8.64. The normalized spacial score (nSPS) is 27.8. The lowest BCUT2D eigenvalue weighted by Crippen LogP contribution is -2.37. The fraction of sp³-hybridized carbons (Fsp3) is 0.818. The zero-order chi connectivity index (χ0) is 9.57. The Morgan fingerprint density at radius 3 is 3.08 bits per heavy atom. The Kier molecular flexibility index (Phi) is 4.46. The van der Waals surface area contributed by atoms with Crippen molar-refractivity contribution in [3.05, 3.63) is 12.7 Å². The van der Waals surface area contributed by atoms with E-state index in [1.165, 1.54) is 19.3 Å². The summed E-state index contributed by atoms with van der Waals surface area (Å²) in [6.45, 7) is 8.89. The molecule has 1 rings (SSSR count). The number of hydrogen-bond acceptors (Lipinski definition) is 2. The second-order valence-corrected chi connectivity index (χ2v) is 4.01. The quantitative estimate of drug-likeness (QED) is 0.503. The summed E-state index contributed by atoms with van der Waals surface area (Å²) >= 11 is 0. The Hall–Kier alpha value is -0.340. The number of unbranched alkanes of at least 4 members (excludes halogenated alkanes) is 1. The van der Waals surface area contributed by atoms with Gasteiger partial charge in [-0.3, -0.25) is 0 Å². The van der Waals surface area contributed by atoms with Crippen LogP contribution in [-0.4, -0.2) is 25.3 Å². The molecule has 0 aromatic rings. The summed E-state index contributed by atoms with van der Waals surface area (Å²) in [7, 11) is 0. The van der Waals surface area contributed by atoms with E-state index in [0.29, 0.717) is 0 Å². The van der Waals surface area contributed by atoms with Crippen molar-refractivity contribution in [3.63, 3.8) is 0 Å². The number of rotatable bonds is 6. The minimum absolute atomic E-state index is 0.105. The van der Waals surface area contributed by atoms with E-state index in [1.807, 2.05) is 6.08 Å². The number of hydrogen-bond donors (Lipinski definition) is 1. The molecular weight excluding hydrogens is 162 g/mol. The molecule has 1 atom stereocenters. The van der Waals surface area contributed by atoms with Gasteiger partial charge in [0.15, 0.2) is 0 Å². The second-order valence-electron chi connectivity index (χ2n) is 4.01. The predicted octanol–water partition coefficient (Wildman–Crippen LogP) is 2.11. The van der Waals surface area contributed by atoms with Gasteiger partial charge in [-0.05, 0) is 39.2 Å². The molecule has 1 unspecified atom stereocenters. The maximum Gasteiger partial charge on any atom is 0.0779 e. The first-order valence-corrected chi connectivity index (χ1v) is 5.22. The van der Waals surface area contributed by atoms with Crippen molar-refractivity contribution < 1.29 is 4.74 Å². The standard InChI is InChI=1S/C11H21NO/c1-3-4-5-8-12-10-11(2)7-6-9-13-11/h3,12H,1,4-10H2,2H3. The molecular formula is C11H21NO. The summed E-state index contributed by atoms with van der Waals surface area (Å²) in [4.78, 5) is 0. The highest BCUT2D eigenvalue weighted by molar-refractivity contribution is 4.82. The highest BCUT2D eigenvalue weighted by Crippen LogP contribution is 2.23. The summed E-state index contributed by atoms with van der Waals surface area (Å²) < 4.78 is 5.66. The van der Waals surface area contributed by atoms with Gasteiger partial charge in [-0.15, -0.1) is 6.58 Å². The molecule has 0 radical (unpaired) electrons. The van der Waals surface area contributed by atoms with Crippen LogP contribution in [0, 0.1) is 0 Å². The van der Waals surface area contributed by atoms with Crippen LogP contribution in [0.1, 0.15) is 32.6 Å². The Labute approximate surface area is 81.4 Å². The van der Waals surface area contributed by atoms with E-state index < -0.39 is 0 Å². The largest absolute Gasteiger partial charge is 0.374 e. The molecule has 76 valence electrons. The second kappa shape index (κ2) is 5.40. The first-order chi connectivity index (χ1) is 6.27. The molecule has 0 saturated carbocycles. The molecule has 2 heteroatoms. The molecule has 0 aliphatic carbocycles. The van der Waals surface area contributed by atoms with E-state index in [9.17, 15) is 0 Å². The minimum atomic E-state index is 0.105. The van der Waals surface area contributed by atoms with Crippen LogP contribution in [0.25, 0.3) is 0 Å². The van der Waals surface area contributed by atoms with E-state index in [2.05, 4.69) is 18.8 Å². The van der Waals surface area contributed by atoms with Gasteiger partial charge in [0, 0.05) is 13.2 Å². The third kappa shape index (κ3) is 3.92. The molecule has 2 nitrogen and oxygen atoms in total. The van der Waals surface area contributed by atoms with Crippen molar-refractivity contribution in [3.8, 4) is 0 Å². The van der Waals surface area contributed by atoms with Gasteiger partial charge in [0.25, 0.3) is 0 Å². The lowest BCUT2D eigenvalue weighted by molar-refractivity contribution is 0.0210. The van der Waals surface area contributed by atoms with Crippen LogP contribution in [0.4, 0.5) is 0 Å². The SMILES string of the molecule is C=CCCCNCC1(C)CCCO1. The summed E-state index contributed by atoms with van der Waals surface area (Å²) in [5.74, 6) is 0. The fourth-order valence-electron chi connectivity index (χ4n) is 1.70. The van der Waals surface area contributed by atoms with Crippen molar-refractivity contribution in [2.75, 3.05) is 19.7 Å². The molecule has 1 aliphatic heterocycles. The lowest BCUT2D eigenvalue weighted by atomic mass is 10.0. The van der Waals surface area contributed by atoms with Gasteiger partial charge in [0.1, 0.15) is 0 Å². The fourth-order valence-corrected chi connectivity index (χ4v) is 1.70. The first kappa shape index (κ1) is 10.7. The zero-order valence-corrected chi connectivity index (χ0v) is 8.64. The van der Waals surface area contributed by atoms with Crippen molar-refractivity contribution in [2.45, 2.75) is 38.2 Å². The smallest absolute Gasteiger partial charge is 0.0779 e. The average Bonchev–Trinajstić information content (AvgIpc) is 2.53. The highest BCUT2D eigenvalue weighted by atomic mass is 16.5. The molecule has 0 aromatic carbocycles. The topological polar surface area (TPSA) is 21.3 Å². The van der Waals surface area contributed by atoms with E-state index in [-0.39, 0.29) is 5.60 Å². The van der Waals surface area contributed by atoms with Crippen molar-refractivity contribution in [1.29, 1.82) is 0 Å². The summed E-state index contributed by atoms with van der Waals surface area (Å²) in [5, 5.41) is 3.43. The Morgan fingerprint density at radius 1 is 1.62 bits per heavy atom. The molecule has 1 N–H and O–H groups in total. The third-order valence-electron chi connectivity index (χ3n) is 2.56. The molecule has 0 spiro atoms. The predicted molar refractivity (Wildman–Crippen MR) is 55.9 cm³/mol. The summed E-state index contributed by atoms with van der Waals surface area (Å²) in [6, 6.07) is 0. The van der Waals surface area contributed by atoms with Gasteiger partial charge in [0.2, 0.25) is 0 Å². The van der Waals surface area contributed by atoms with Crippen LogP contribution in [0.15, 0.2) is 12.7 Å². The van der Waals surface area contributed by atoms with Crippen LogP contribution in [0.3, 0.4) is 0 Å². The molecule has 0 bridgehead atoms. The monoisotopic (exact) mass is 183 g/mol. The minimum Gasteiger partial charge on any atom is -0.374 e. The van der Waals surface area contributed by atoms with Gasteiger partial charge in [-0.25, -0.2) is 0 Å². The molecule has 1 fully saturated rings. The van der Waals surface area contributed by atoms with Crippen LogP contribution >= 0.6 is 0 Å². The van der Waals surface area contributed by atoms with E-state index in [4.69, 9.17) is 4.74 Å². The summed E-state index contributed by atoms with van der Waals surface area (Å²) in [5.41, 5.74) is 0.105. The highest BCUT2D eigenvalue weighted by Gasteiger charge is 2.28. The van der Waals surface area contributed by atoms with Crippen LogP contribution in [0.5, 0.6) is 0 Å². The molecule has 1 heterocycles. The Bertz CT molecular complexity index is 150. The lowest BCUT2D eigenvalue weighted by Gasteiger charge is -2.23. The average molecular weight is 183 g/mol. The Balaban J connectivity index is 2.01. The first-order valence-electron chi connectivity index (χ1n) is 5.22. The molecule has 1 aliphatic rings. The maximum absolute atomic E-state index is 5.66. The van der Waals surface area contributed by atoms with Gasteiger partial charge in [0.05, 0.1) is 5.60 Å². The van der Waals surface area contributed by atoms with Crippen LogP contribution in [0.2, 0.25) is 0 Å². The molecule has 1 saturated heterocycles. The van der Waals surface area contributed by atoms with Crippen molar-refractivity contribution in [2.24, 2.45) is 0 Å². The number of allylic oxidation sites excluding steroid dienone is 1. The van der Waals surface area contributed by atoms with Gasteiger partial charge in [-0.1, -0.05) is 6.08 Å². The van der Waals surface area contributed by atoms with Gasteiger partial charge >= 0.3 is 0 Å². The summed E-state index contributed by atoms with van der Waals surface area (Å²) in [6.07, 6.45) is 6.66. The maximum atomic E-state index is 5.66. The van der Waals surface area contributed by atoms with Crippen LogP contribution in [-0.2, 0) is 4.74 Å². The van der Waals surface area contributed by atoms with Gasteiger partial charge in [-0.2, -0.15) is 0 Å². The van der Waals surface area contributed by atoms with Crippen molar-refractivity contribution in [1.82, 2.24) is 5.32 Å². The van der Waals surface area contributed by atoms with E-state index >= 15 is 0 Å². The molecule has 13 heavy (non-hydrogen) atoms. The molecule has 0 amide bonds. The third-order valence-corrected chi connectivity index (χ3v) is 2.56. The number of ether oxygens (including phenoxy) is 1. The molecule has 0 aromatic heterocycles. The van der Waals surface area contributed by atoms with Gasteiger partial charge < -0.3 is 10.1 Å². The van der Waals surface area contributed by atoms with E-state index in [1.54, 1.807) is 0 Å². The Morgan fingerprint density at radius 2 is 2.46 bits per heavy atom.